The zero-order valence-electron chi connectivity index (χ0n) is 9.31. The number of nitrogens with two attached hydrogens (primary N) is 1. The molecule has 0 aliphatic heterocycles. The van der Waals surface area contributed by atoms with Crippen LogP contribution < -0.4 is 5.73 Å². The van der Waals surface area contributed by atoms with E-state index in [9.17, 15) is 4.79 Å². The molecule has 0 fully saturated rings. The normalized spacial score (nSPS) is 12.2. The van der Waals surface area contributed by atoms with Gasteiger partial charge in [-0.2, -0.15) is 0 Å². The van der Waals surface area contributed by atoms with Crippen LogP contribution in [0.2, 0.25) is 0 Å². The number of nitrogens with zero attached hydrogens (tertiary/aromatic N) is 1. The molecule has 0 aromatic heterocycles. The third kappa shape index (κ3) is 3.36. The Morgan fingerprint density at radius 1 is 1.40 bits per heavy atom. The second kappa shape index (κ2) is 5.51. The van der Waals surface area contributed by atoms with Gasteiger partial charge in [-0.15, -0.1) is 0 Å². The molecule has 0 saturated carbocycles. The molecule has 0 aliphatic rings. The van der Waals surface area contributed by atoms with Crippen molar-refractivity contribution in [3.05, 3.63) is 35.9 Å². The van der Waals surface area contributed by atoms with Gasteiger partial charge in [0, 0.05) is 26.1 Å². The average molecular weight is 206 g/mol. The van der Waals surface area contributed by atoms with E-state index >= 15 is 0 Å². The Morgan fingerprint density at radius 2 is 2.00 bits per heavy atom. The topological polar surface area (TPSA) is 46.3 Å². The molecule has 0 radical (unpaired) electrons. The number of hydrogen-bond donors (Lipinski definition) is 1. The quantitative estimate of drug-likeness (QED) is 0.812. The zero-order chi connectivity index (χ0) is 11.3. The molecule has 15 heavy (non-hydrogen) atoms. The van der Waals surface area contributed by atoms with E-state index in [1.807, 2.05) is 37.3 Å². The molecular weight excluding hydrogens is 188 g/mol. The third-order valence-electron chi connectivity index (χ3n) is 2.52. The highest BCUT2D eigenvalue weighted by atomic mass is 16.2. The highest BCUT2D eigenvalue weighted by Gasteiger charge is 2.13. The summed E-state index contributed by atoms with van der Waals surface area (Å²) in [6.45, 7) is 2.67. The Kier molecular flexibility index (Phi) is 4.31. The highest BCUT2D eigenvalue weighted by Crippen LogP contribution is 2.13. The van der Waals surface area contributed by atoms with Crippen LogP contribution in [0.3, 0.4) is 0 Å². The van der Waals surface area contributed by atoms with E-state index in [-0.39, 0.29) is 11.9 Å². The second-order valence-corrected chi connectivity index (χ2v) is 3.63. The molecule has 0 bridgehead atoms. The lowest BCUT2D eigenvalue weighted by atomic mass is 10.0. The fraction of sp³-hybridized carbons (Fsp3) is 0.417. The summed E-state index contributed by atoms with van der Waals surface area (Å²) >= 11 is 0. The van der Waals surface area contributed by atoms with Gasteiger partial charge in [-0.25, -0.2) is 0 Å². The van der Waals surface area contributed by atoms with Crippen molar-refractivity contribution >= 4 is 5.91 Å². The molecule has 1 amide bonds. The molecule has 0 heterocycles. The van der Waals surface area contributed by atoms with Gasteiger partial charge < -0.3 is 10.6 Å². The maximum absolute atomic E-state index is 11.6. The molecule has 1 unspecified atom stereocenters. The maximum atomic E-state index is 11.6. The lowest BCUT2D eigenvalue weighted by Crippen LogP contribution is -2.29. The van der Waals surface area contributed by atoms with Gasteiger partial charge in [0.1, 0.15) is 0 Å². The lowest BCUT2D eigenvalue weighted by molar-refractivity contribution is -0.130. The summed E-state index contributed by atoms with van der Waals surface area (Å²) < 4.78 is 0. The van der Waals surface area contributed by atoms with Crippen molar-refractivity contribution in [1.29, 1.82) is 0 Å². The van der Waals surface area contributed by atoms with Gasteiger partial charge in [-0.1, -0.05) is 30.3 Å². The minimum absolute atomic E-state index is 0.0915. The van der Waals surface area contributed by atoms with Gasteiger partial charge in [0.25, 0.3) is 0 Å². The average Bonchev–Trinajstić information content (AvgIpc) is 2.29. The molecule has 1 aromatic rings. The molecule has 3 heteroatoms. The molecule has 0 spiro atoms. The Morgan fingerprint density at radius 3 is 2.53 bits per heavy atom. The van der Waals surface area contributed by atoms with Crippen LogP contribution >= 0.6 is 0 Å². The Balaban J connectivity index is 2.56. The Labute approximate surface area is 90.9 Å². The van der Waals surface area contributed by atoms with Crippen LogP contribution in [0.25, 0.3) is 0 Å². The number of carbonyl (C=O) groups is 1. The summed E-state index contributed by atoms with van der Waals surface area (Å²) in [5, 5.41) is 0. The highest BCUT2D eigenvalue weighted by molar-refractivity contribution is 5.76. The first kappa shape index (κ1) is 11.7. The molecule has 0 saturated heterocycles. The maximum Gasteiger partial charge on any atom is 0.224 e. The molecule has 82 valence electrons. The summed E-state index contributed by atoms with van der Waals surface area (Å²) in [5.41, 5.74) is 6.95. The van der Waals surface area contributed by atoms with Gasteiger partial charge >= 0.3 is 0 Å². The van der Waals surface area contributed by atoms with Crippen molar-refractivity contribution in [2.75, 3.05) is 13.6 Å². The van der Waals surface area contributed by atoms with Crippen molar-refractivity contribution in [2.45, 2.75) is 19.4 Å². The van der Waals surface area contributed by atoms with Crippen LogP contribution in [0.15, 0.2) is 30.3 Å². The van der Waals surface area contributed by atoms with Gasteiger partial charge in [-0.05, 0) is 12.5 Å². The first-order valence-electron chi connectivity index (χ1n) is 5.19. The predicted octanol–water partition coefficient (Wildman–Crippen LogP) is 1.55. The van der Waals surface area contributed by atoms with Crippen LogP contribution in [0.5, 0.6) is 0 Å². The first-order chi connectivity index (χ1) is 7.15. The molecule has 1 aromatic carbocycles. The first-order valence-corrected chi connectivity index (χ1v) is 5.19. The van der Waals surface area contributed by atoms with Crippen molar-refractivity contribution in [3.63, 3.8) is 0 Å². The summed E-state index contributed by atoms with van der Waals surface area (Å²) in [4.78, 5) is 13.3. The van der Waals surface area contributed by atoms with Gasteiger partial charge in [0.05, 0.1) is 0 Å². The summed E-state index contributed by atoms with van der Waals surface area (Å²) in [5.74, 6) is 0.0915. The monoisotopic (exact) mass is 206 g/mol. The summed E-state index contributed by atoms with van der Waals surface area (Å²) in [6.07, 6.45) is 0.369. The number of amides is 1. The zero-order valence-corrected chi connectivity index (χ0v) is 9.31. The van der Waals surface area contributed by atoms with Crippen molar-refractivity contribution < 1.29 is 4.79 Å². The van der Waals surface area contributed by atoms with E-state index < -0.39 is 0 Å². The second-order valence-electron chi connectivity index (χ2n) is 3.63. The molecule has 2 N–H and O–H groups in total. The van der Waals surface area contributed by atoms with Crippen molar-refractivity contribution in [1.82, 2.24) is 4.90 Å². The summed E-state index contributed by atoms with van der Waals surface area (Å²) in [7, 11) is 1.79. The van der Waals surface area contributed by atoms with Crippen LogP contribution in [-0.2, 0) is 4.79 Å². The minimum Gasteiger partial charge on any atom is -0.346 e. The largest absolute Gasteiger partial charge is 0.346 e. The van der Waals surface area contributed by atoms with E-state index in [0.29, 0.717) is 6.42 Å². The van der Waals surface area contributed by atoms with Crippen LogP contribution in [0, 0.1) is 0 Å². The Bertz CT molecular complexity index is 311. The number of carbonyl (C=O) groups excluding carboxylic acids is 1. The smallest absolute Gasteiger partial charge is 0.224 e. The van der Waals surface area contributed by atoms with E-state index in [1.54, 1.807) is 11.9 Å². The molecular formula is C12H18N2O. The minimum atomic E-state index is -0.201. The van der Waals surface area contributed by atoms with Gasteiger partial charge in [0.15, 0.2) is 0 Å². The van der Waals surface area contributed by atoms with Crippen molar-refractivity contribution in [2.24, 2.45) is 5.73 Å². The SMILES string of the molecule is CCN(C)C(=O)CC(N)c1ccccc1. The number of hydrogen-bond acceptors (Lipinski definition) is 2. The standard InChI is InChI=1S/C12H18N2O/c1-3-14(2)12(15)9-11(13)10-7-5-4-6-8-10/h4-8,11H,3,9,13H2,1-2H3. The molecule has 0 aliphatic carbocycles. The molecule has 1 atom stereocenters. The fourth-order valence-electron chi connectivity index (χ4n) is 1.34. The molecule has 1 rings (SSSR count). The Hall–Kier alpha value is -1.35. The third-order valence-corrected chi connectivity index (χ3v) is 2.52. The van der Waals surface area contributed by atoms with Crippen molar-refractivity contribution in [3.8, 4) is 0 Å². The number of rotatable bonds is 4. The fourth-order valence-corrected chi connectivity index (χ4v) is 1.34. The van der Waals surface area contributed by atoms with Gasteiger partial charge in [-0.3, -0.25) is 4.79 Å². The van der Waals surface area contributed by atoms with Gasteiger partial charge in [0.2, 0.25) is 5.91 Å². The molecule has 3 nitrogen and oxygen atoms in total. The van der Waals surface area contributed by atoms with E-state index in [1.165, 1.54) is 0 Å². The van der Waals surface area contributed by atoms with E-state index in [0.717, 1.165) is 12.1 Å². The van der Waals surface area contributed by atoms with Crippen LogP contribution in [0.4, 0.5) is 0 Å². The lowest BCUT2D eigenvalue weighted by Gasteiger charge is -2.17. The van der Waals surface area contributed by atoms with Crippen LogP contribution in [-0.4, -0.2) is 24.4 Å². The summed E-state index contributed by atoms with van der Waals surface area (Å²) in [6, 6.07) is 9.50. The van der Waals surface area contributed by atoms with E-state index in [4.69, 9.17) is 5.73 Å². The number of benzene rings is 1. The predicted molar refractivity (Wildman–Crippen MR) is 61.3 cm³/mol. The van der Waals surface area contributed by atoms with Crippen LogP contribution in [0.1, 0.15) is 24.9 Å². The van der Waals surface area contributed by atoms with E-state index in [2.05, 4.69) is 0 Å².